The molecule has 23 heavy (non-hydrogen) atoms. The highest BCUT2D eigenvalue weighted by Gasteiger charge is 2.23. The molecule has 0 aliphatic carbocycles. The Morgan fingerprint density at radius 3 is 2.57 bits per heavy atom. The molecule has 1 atom stereocenters. The van der Waals surface area contributed by atoms with Crippen LogP contribution in [0.25, 0.3) is 0 Å². The van der Waals surface area contributed by atoms with Crippen LogP contribution in [0.1, 0.15) is 29.0 Å². The maximum Gasteiger partial charge on any atom is 0.159 e. The number of methoxy groups -OCH3 is 1. The van der Waals surface area contributed by atoms with E-state index >= 15 is 0 Å². The molecule has 0 N–H and O–H groups in total. The summed E-state index contributed by atoms with van der Waals surface area (Å²) < 4.78 is 32.1. The van der Waals surface area contributed by atoms with Crippen molar-refractivity contribution in [1.29, 1.82) is 0 Å². The normalized spacial score (nSPS) is 17.8. The molecule has 0 bridgehead atoms. The van der Waals surface area contributed by atoms with Gasteiger partial charge in [-0.3, -0.25) is 0 Å². The van der Waals surface area contributed by atoms with Gasteiger partial charge in [-0.05, 0) is 61.0 Å². The van der Waals surface area contributed by atoms with Gasteiger partial charge in [0, 0.05) is 12.5 Å². The molecule has 0 aromatic heterocycles. The molecule has 2 nitrogen and oxygen atoms in total. The second kappa shape index (κ2) is 7.28. The van der Waals surface area contributed by atoms with Gasteiger partial charge in [0.1, 0.15) is 5.75 Å². The third-order valence-electron chi connectivity index (χ3n) is 4.31. The number of fused-ring (bicyclic) bond motifs is 1. The summed E-state index contributed by atoms with van der Waals surface area (Å²) in [5.41, 5.74) is 3.16. The van der Waals surface area contributed by atoms with Crippen molar-refractivity contribution in [3.05, 3.63) is 64.7 Å². The Kier molecular flexibility index (Phi) is 5.60. The van der Waals surface area contributed by atoms with E-state index in [1.165, 1.54) is 17.7 Å². The zero-order valence-corrected chi connectivity index (χ0v) is 14.0. The van der Waals surface area contributed by atoms with Crippen molar-refractivity contribution >= 4 is 12.4 Å². The summed E-state index contributed by atoms with van der Waals surface area (Å²) in [6.07, 6.45) is 0.876. The topological polar surface area (TPSA) is 12.5 Å². The molecule has 0 amide bonds. The lowest BCUT2D eigenvalue weighted by molar-refractivity contribution is 0.327. The van der Waals surface area contributed by atoms with Gasteiger partial charge >= 0.3 is 0 Å². The van der Waals surface area contributed by atoms with Gasteiger partial charge in [0.2, 0.25) is 0 Å². The zero-order valence-electron chi connectivity index (χ0n) is 13.2. The third-order valence-corrected chi connectivity index (χ3v) is 4.31. The minimum Gasteiger partial charge on any atom is -0.497 e. The van der Waals surface area contributed by atoms with Crippen molar-refractivity contribution in [2.24, 2.45) is 0 Å². The molecule has 1 aliphatic rings. The predicted octanol–water partition coefficient (Wildman–Crippen LogP) is 4.36. The van der Waals surface area contributed by atoms with Crippen molar-refractivity contribution < 1.29 is 13.5 Å². The third kappa shape index (κ3) is 3.65. The molecular weight excluding hydrogens is 320 g/mol. The Morgan fingerprint density at radius 1 is 1.09 bits per heavy atom. The smallest absolute Gasteiger partial charge is 0.159 e. The number of halogens is 3. The van der Waals surface area contributed by atoms with Gasteiger partial charge in [-0.15, -0.1) is 12.4 Å². The van der Waals surface area contributed by atoms with Crippen molar-refractivity contribution in [3.8, 4) is 5.75 Å². The number of rotatable bonds is 2. The van der Waals surface area contributed by atoms with Gasteiger partial charge in [-0.1, -0.05) is 12.1 Å². The predicted molar refractivity (Wildman–Crippen MR) is 89.4 cm³/mol. The molecule has 1 heterocycles. The molecule has 0 saturated carbocycles. The summed E-state index contributed by atoms with van der Waals surface area (Å²) in [6.45, 7) is 1.73. The van der Waals surface area contributed by atoms with Crippen LogP contribution in [0.5, 0.6) is 5.75 Å². The minimum absolute atomic E-state index is 0. The van der Waals surface area contributed by atoms with E-state index in [9.17, 15) is 8.78 Å². The van der Waals surface area contributed by atoms with Crippen LogP contribution in [0, 0.1) is 11.6 Å². The van der Waals surface area contributed by atoms with Crippen molar-refractivity contribution in [1.82, 2.24) is 4.90 Å². The second-order valence-electron chi connectivity index (χ2n) is 5.82. The van der Waals surface area contributed by atoms with Crippen LogP contribution in [0.15, 0.2) is 36.4 Å². The molecule has 1 aliphatic heterocycles. The van der Waals surface area contributed by atoms with Crippen LogP contribution in [-0.4, -0.2) is 25.6 Å². The first-order chi connectivity index (χ1) is 10.6. The molecule has 124 valence electrons. The monoisotopic (exact) mass is 339 g/mol. The SMILES string of the molecule is COc1ccc2c(c1)CN(C)CCC2c1ccc(F)c(F)c1.Cl. The van der Waals surface area contributed by atoms with Gasteiger partial charge < -0.3 is 9.64 Å². The van der Waals surface area contributed by atoms with E-state index in [-0.39, 0.29) is 18.3 Å². The average Bonchev–Trinajstić information content (AvgIpc) is 2.67. The van der Waals surface area contributed by atoms with Crippen LogP contribution < -0.4 is 4.74 Å². The zero-order chi connectivity index (χ0) is 15.7. The van der Waals surface area contributed by atoms with Crippen LogP contribution in [0.3, 0.4) is 0 Å². The first kappa shape index (κ1) is 17.7. The van der Waals surface area contributed by atoms with Gasteiger partial charge in [-0.25, -0.2) is 8.78 Å². The largest absolute Gasteiger partial charge is 0.497 e. The lowest BCUT2D eigenvalue weighted by Gasteiger charge is -2.18. The Balaban J connectivity index is 0.00000192. The summed E-state index contributed by atoms with van der Waals surface area (Å²) in [6, 6.07) is 10.2. The highest BCUT2D eigenvalue weighted by Crippen LogP contribution is 2.35. The van der Waals surface area contributed by atoms with Gasteiger partial charge in [0.25, 0.3) is 0 Å². The Morgan fingerprint density at radius 2 is 1.87 bits per heavy atom. The highest BCUT2D eigenvalue weighted by atomic mass is 35.5. The Bertz CT molecular complexity index is 693. The molecule has 3 rings (SSSR count). The average molecular weight is 340 g/mol. The first-order valence-electron chi connectivity index (χ1n) is 7.39. The van der Waals surface area contributed by atoms with Crippen molar-refractivity contribution in [2.45, 2.75) is 18.9 Å². The number of benzene rings is 2. The van der Waals surface area contributed by atoms with E-state index < -0.39 is 11.6 Å². The van der Waals surface area contributed by atoms with Crippen LogP contribution in [0.4, 0.5) is 8.78 Å². The first-order valence-corrected chi connectivity index (χ1v) is 7.39. The molecule has 2 aromatic rings. The lowest BCUT2D eigenvalue weighted by atomic mass is 9.86. The van der Waals surface area contributed by atoms with Gasteiger partial charge in [0.05, 0.1) is 7.11 Å². The molecule has 5 heteroatoms. The maximum atomic E-state index is 13.6. The van der Waals surface area contributed by atoms with Crippen LogP contribution in [-0.2, 0) is 6.54 Å². The van der Waals surface area contributed by atoms with E-state index in [0.717, 1.165) is 36.4 Å². The Hall–Kier alpha value is -1.65. The summed E-state index contributed by atoms with van der Waals surface area (Å²) in [5.74, 6) is -0.700. The number of ether oxygens (including phenoxy) is 1. The van der Waals surface area contributed by atoms with Gasteiger partial charge in [0.15, 0.2) is 11.6 Å². The van der Waals surface area contributed by atoms with E-state index in [1.54, 1.807) is 13.2 Å². The lowest BCUT2D eigenvalue weighted by Crippen LogP contribution is -2.17. The number of nitrogens with zero attached hydrogens (tertiary/aromatic N) is 1. The number of hydrogen-bond acceptors (Lipinski definition) is 2. The highest BCUT2D eigenvalue weighted by molar-refractivity contribution is 5.85. The summed E-state index contributed by atoms with van der Waals surface area (Å²) in [5, 5.41) is 0. The van der Waals surface area contributed by atoms with E-state index in [0.29, 0.717) is 0 Å². The van der Waals surface area contributed by atoms with Crippen LogP contribution in [0.2, 0.25) is 0 Å². The quantitative estimate of drug-likeness (QED) is 0.806. The fraction of sp³-hybridized carbons (Fsp3) is 0.333. The standard InChI is InChI=1S/C18H19F2NO.ClH/c1-21-8-7-16(12-3-6-17(19)18(20)10-12)15-5-4-14(22-2)9-13(15)11-21;/h3-6,9-10,16H,7-8,11H2,1-2H3;1H. The molecule has 1 unspecified atom stereocenters. The molecule has 0 spiro atoms. The summed E-state index contributed by atoms with van der Waals surface area (Å²) >= 11 is 0. The molecular formula is C18H20ClF2NO. The van der Waals surface area contributed by atoms with Crippen molar-refractivity contribution in [2.75, 3.05) is 20.7 Å². The number of hydrogen-bond donors (Lipinski definition) is 0. The van der Waals surface area contributed by atoms with Crippen LogP contribution >= 0.6 is 12.4 Å². The van der Waals surface area contributed by atoms with Crippen molar-refractivity contribution in [3.63, 3.8) is 0 Å². The van der Waals surface area contributed by atoms with Gasteiger partial charge in [-0.2, -0.15) is 0 Å². The summed E-state index contributed by atoms with van der Waals surface area (Å²) in [4.78, 5) is 2.23. The molecule has 0 radical (unpaired) electrons. The fourth-order valence-electron chi connectivity index (χ4n) is 3.14. The molecule has 2 aromatic carbocycles. The Labute approximate surface area is 141 Å². The molecule has 0 saturated heterocycles. The maximum absolute atomic E-state index is 13.6. The fourth-order valence-corrected chi connectivity index (χ4v) is 3.14. The van der Waals surface area contributed by atoms with E-state index in [4.69, 9.17) is 4.74 Å². The van der Waals surface area contributed by atoms with E-state index in [1.807, 2.05) is 18.2 Å². The molecule has 0 fully saturated rings. The minimum atomic E-state index is -0.801. The summed E-state index contributed by atoms with van der Waals surface area (Å²) in [7, 11) is 3.71. The second-order valence-corrected chi connectivity index (χ2v) is 5.82. The van der Waals surface area contributed by atoms with E-state index in [2.05, 4.69) is 11.9 Å².